The Kier molecular flexibility index (Phi) is 4.70. The predicted octanol–water partition coefficient (Wildman–Crippen LogP) is -0.637. The first kappa shape index (κ1) is 13.4. The highest BCUT2D eigenvalue weighted by Gasteiger charge is 2.32. The van der Waals surface area contributed by atoms with E-state index in [0.717, 1.165) is 25.7 Å². The van der Waals surface area contributed by atoms with Gasteiger partial charge in [-0.25, -0.2) is 0 Å². The molecule has 94 valence electrons. The molecule has 1 fully saturated rings. The van der Waals surface area contributed by atoms with Crippen molar-refractivity contribution < 1.29 is 15.0 Å². The second kappa shape index (κ2) is 5.61. The van der Waals surface area contributed by atoms with Gasteiger partial charge in [-0.15, -0.1) is 0 Å². The second-order valence-corrected chi connectivity index (χ2v) is 4.92. The van der Waals surface area contributed by atoms with Crippen LogP contribution in [0, 0.1) is 5.92 Å². The molecule has 0 spiro atoms. The molecule has 0 radical (unpaired) electrons. The van der Waals surface area contributed by atoms with E-state index in [1.54, 1.807) is 6.92 Å². The first-order valence-corrected chi connectivity index (χ1v) is 5.82. The summed E-state index contributed by atoms with van der Waals surface area (Å²) in [6.07, 6.45) is 3.75. The zero-order chi connectivity index (χ0) is 12.2. The van der Waals surface area contributed by atoms with E-state index in [1.165, 1.54) is 0 Å². The van der Waals surface area contributed by atoms with E-state index in [9.17, 15) is 4.79 Å². The highest BCUT2D eigenvalue weighted by Crippen LogP contribution is 2.23. The van der Waals surface area contributed by atoms with Gasteiger partial charge in [-0.3, -0.25) is 4.79 Å². The van der Waals surface area contributed by atoms with Crippen LogP contribution in [-0.4, -0.2) is 40.9 Å². The summed E-state index contributed by atoms with van der Waals surface area (Å²) in [5.74, 6) is -0.344. The molecule has 1 rings (SSSR count). The molecule has 5 N–H and O–H groups in total. The van der Waals surface area contributed by atoms with Crippen LogP contribution >= 0.6 is 0 Å². The Hall–Kier alpha value is -0.650. The lowest BCUT2D eigenvalue weighted by Crippen LogP contribution is -2.56. The molecule has 2 atom stereocenters. The highest BCUT2D eigenvalue weighted by molar-refractivity contribution is 5.80. The molecule has 5 heteroatoms. The number of rotatable bonds is 4. The van der Waals surface area contributed by atoms with Gasteiger partial charge < -0.3 is 21.3 Å². The van der Waals surface area contributed by atoms with Crippen molar-refractivity contribution in [2.45, 2.75) is 44.2 Å². The van der Waals surface area contributed by atoms with E-state index in [-0.39, 0.29) is 31.1 Å². The minimum atomic E-state index is -0.950. The van der Waals surface area contributed by atoms with Gasteiger partial charge in [0.15, 0.2) is 0 Å². The van der Waals surface area contributed by atoms with Gasteiger partial charge >= 0.3 is 0 Å². The molecule has 1 amide bonds. The van der Waals surface area contributed by atoms with Crippen LogP contribution in [0.2, 0.25) is 0 Å². The van der Waals surface area contributed by atoms with Crippen molar-refractivity contribution in [1.29, 1.82) is 0 Å². The predicted molar refractivity (Wildman–Crippen MR) is 60.7 cm³/mol. The molecule has 0 bridgehead atoms. The molecule has 0 aliphatic heterocycles. The molecule has 5 nitrogen and oxygen atoms in total. The molecule has 0 aromatic rings. The van der Waals surface area contributed by atoms with E-state index in [4.69, 9.17) is 15.9 Å². The largest absolute Gasteiger partial charge is 0.394 e. The Balaban J connectivity index is 2.56. The number of amides is 1. The molecule has 1 aliphatic rings. The first-order valence-electron chi connectivity index (χ1n) is 5.82. The summed E-state index contributed by atoms with van der Waals surface area (Å²) in [6, 6.07) is -0.101. The molecule has 1 saturated carbocycles. The monoisotopic (exact) mass is 230 g/mol. The Morgan fingerprint density at radius 3 is 2.44 bits per heavy atom. The molecular formula is C11H22N2O3. The molecule has 16 heavy (non-hydrogen) atoms. The van der Waals surface area contributed by atoms with Crippen molar-refractivity contribution in [3.63, 3.8) is 0 Å². The number of hydrogen-bond donors (Lipinski definition) is 4. The summed E-state index contributed by atoms with van der Waals surface area (Å²) in [7, 11) is 0. The van der Waals surface area contributed by atoms with Crippen LogP contribution in [0.4, 0.5) is 0 Å². The molecule has 2 unspecified atom stereocenters. The lowest BCUT2D eigenvalue weighted by Gasteiger charge is -2.32. The number of aliphatic hydroxyl groups is 2. The summed E-state index contributed by atoms with van der Waals surface area (Å²) in [5.41, 5.74) is 4.95. The third-order valence-electron chi connectivity index (χ3n) is 3.28. The van der Waals surface area contributed by atoms with E-state index < -0.39 is 5.54 Å². The molecular weight excluding hydrogens is 208 g/mol. The van der Waals surface area contributed by atoms with E-state index >= 15 is 0 Å². The summed E-state index contributed by atoms with van der Waals surface area (Å²) in [6.45, 7) is 1.05. The fourth-order valence-electron chi connectivity index (χ4n) is 2.00. The number of nitrogens with one attached hydrogen (secondary N) is 1. The Morgan fingerprint density at radius 2 is 1.94 bits per heavy atom. The molecule has 0 aromatic heterocycles. The first-order chi connectivity index (χ1) is 7.52. The molecule has 0 saturated heterocycles. The second-order valence-electron chi connectivity index (χ2n) is 4.92. The third kappa shape index (κ3) is 3.17. The SMILES string of the molecule is CC(CO)(CO)NC(=O)C1CCCCC1N. The van der Waals surface area contributed by atoms with Crippen LogP contribution in [0.3, 0.4) is 0 Å². The van der Waals surface area contributed by atoms with E-state index in [1.807, 2.05) is 0 Å². The molecule has 1 aliphatic carbocycles. The maximum atomic E-state index is 11.9. The molecule has 0 aromatic carbocycles. The van der Waals surface area contributed by atoms with Gasteiger partial charge in [0.05, 0.1) is 24.7 Å². The van der Waals surface area contributed by atoms with Crippen molar-refractivity contribution in [2.24, 2.45) is 11.7 Å². The molecule has 0 heterocycles. The smallest absolute Gasteiger partial charge is 0.225 e. The lowest BCUT2D eigenvalue weighted by atomic mass is 9.84. The quantitative estimate of drug-likeness (QED) is 0.517. The third-order valence-corrected chi connectivity index (χ3v) is 3.28. The summed E-state index contributed by atoms with van der Waals surface area (Å²) >= 11 is 0. The minimum Gasteiger partial charge on any atom is -0.394 e. The van der Waals surface area contributed by atoms with E-state index in [0.29, 0.717) is 0 Å². The number of carbonyl (C=O) groups is 1. The van der Waals surface area contributed by atoms with Gasteiger partial charge in [0, 0.05) is 6.04 Å². The Labute approximate surface area is 96.0 Å². The number of carbonyl (C=O) groups excluding carboxylic acids is 1. The van der Waals surface area contributed by atoms with Crippen molar-refractivity contribution in [3.05, 3.63) is 0 Å². The Bertz CT molecular complexity index is 241. The summed E-state index contributed by atoms with van der Waals surface area (Å²) in [4.78, 5) is 11.9. The van der Waals surface area contributed by atoms with Crippen LogP contribution in [0.25, 0.3) is 0 Å². The van der Waals surface area contributed by atoms with Crippen LogP contribution in [-0.2, 0) is 4.79 Å². The summed E-state index contributed by atoms with van der Waals surface area (Å²) < 4.78 is 0. The van der Waals surface area contributed by atoms with Gasteiger partial charge in [-0.05, 0) is 19.8 Å². The van der Waals surface area contributed by atoms with Crippen molar-refractivity contribution in [2.75, 3.05) is 13.2 Å². The van der Waals surface area contributed by atoms with Crippen LogP contribution in [0.1, 0.15) is 32.6 Å². The van der Waals surface area contributed by atoms with Gasteiger partial charge in [0.1, 0.15) is 0 Å². The van der Waals surface area contributed by atoms with Crippen LogP contribution < -0.4 is 11.1 Å². The van der Waals surface area contributed by atoms with Gasteiger partial charge in [0.25, 0.3) is 0 Å². The number of aliphatic hydroxyl groups excluding tert-OH is 2. The Morgan fingerprint density at radius 1 is 1.38 bits per heavy atom. The van der Waals surface area contributed by atoms with Gasteiger partial charge in [-0.1, -0.05) is 12.8 Å². The fraction of sp³-hybridized carbons (Fsp3) is 0.909. The number of hydrogen-bond acceptors (Lipinski definition) is 4. The van der Waals surface area contributed by atoms with Crippen molar-refractivity contribution in [3.8, 4) is 0 Å². The maximum Gasteiger partial charge on any atom is 0.225 e. The average Bonchev–Trinajstić information content (AvgIpc) is 2.29. The zero-order valence-corrected chi connectivity index (χ0v) is 9.78. The van der Waals surface area contributed by atoms with Gasteiger partial charge in [0.2, 0.25) is 5.91 Å². The lowest BCUT2D eigenvalue weighted by molar-refractivity contribution is -0.129. The van der Waals surface area contributed by atoms with Gasteiger partial charge in [-0.2, -0.15) is 0 Å². The summed E-state index contributed by atoms with van der Waals surface area (Å²) in [5, 5.41) is 20.9. The standard InChI is InChI=1S/C11H22N2O3/c1-11(6-14,7-15)13-10(16)8-4-2-3-5-9(8)12/h8-9,14-15H,2-7,12H2,1H3,(H,13,16). The fourth-order valence-corrected chi connectivity index (χ4v) is 2.00. The average molecular weight is 230 g/mol. The van der Waals surface area contributed by atoms with Crippen molar-refractivity contribution in [1.82, 2.24) is 5.32 Å². The van der Waals surface area contributed by atoms with E-state index in [2.05, 4.69) is 5.32 Å². The number of nitrogens with two attached hydrogens (primary N) is 1. The maximum absolute atomic E-state index is 11.9. The van der Waals surface area contributed by atoms with Crippen LogP contribution in [0.5, 0.6) is 0 Å². The minimum absolute atomic E-state index is 0.101. The highest BCUT2D eigenvalue weighted by atomic mass is 16.3. The zero-order valence-electron chi connectivity index (χ0n) is 9.78. The topological polar surface area (TPSA) is 95.6 Å². The van der Waals surface area contributed by atoms with Crippen LogP contribution in [0.15, 0.2) is 0 Å². The normalized spacial score (nSPS) is 26.5. The van der Waals surface area contributed by atoms with Crippen molar-refractivity contribution >= 4 is 5.91 Å².